The highest BCUT2D eigenvalue weighted by atomic mass is 79.9. The van der Waals surface area contributed by atoms with Gasteiger partial charge < -0.3 is 4.74 Å². The molecule has 0 saturated heterocycles. The van der Waals surface area contributed by atoms with Gasteiger partial charge in [0.1, 0.15) is 0 Å². The van der Waals surface area contributed by atoms with Crippen LogP contribution in [0.5, 0.6) is 0 Å². The lowest BCUT2D eigenvalue weighted by Crippen LogP contribution is -2.34. The first-order valence-electron chi connectivity index (χ1n) is 6.38. The molecule has 0 saturated carbocycles. The summed E-state index contributed by atoms with van der Waals surface area (Å²) >= 11 is 10.1. The normalized spacial score (nSPS) is 32.4. The van der Waals surface area contributed by atoms with Crippen molar-refractivity contribution in [2.24, 2.45) is 0 Å². The molecule has 0 unspecified atom stereocenters. The molecule has 1 aliphatic rings. The smallest absolute Gasteiger partial charge is 0.0780 e. The Balaban J connectivity index is 2.69. The first-order valence-corrected chi connectivity index (χ1v) is 7.74. The van der Waals surface area contributed by atoms with Crippen LogP contribution in [-0.4, -0.2) is 22.4 Å². The van der Waals surface area contributed by atoms with E-state index in [9.17, 15) is 0 Å². The van der Waals surface area contributed by atoms with Gasteiger partial charge in [-0.1, -0.05) is 47.0 Å². The van der Waals surface area contributed by atoms with Crippen LogP contribution in [0.2, 0.25) is 0 Å². The molecule has 0 aromatic carbocycles. The Bertz CT molecular complexity index is 332. The Morgan fingerprint density at radius 3 is 2.94 bits per heavy atom. The highest BCUT2D eigenvalue weighted by Gasteiger charge is 2.26. The van der Waals surface area contributed by atoms with E-state index in [2.05, 4.69) is 40.9 Å². The van der Waals surface area contributed by atoms with Crippen LogP contribution in [-0.2, 0) is 4.74 Å². The summed E-state index contributed by atoms with van der Waals surface area (Å²) in [6, 6.07) is 0. The van der Waals surface area contributed by atoms with Gasteiger partial charge in [-0.15, -0.1) is 18.0 Å². The molecule has 0 aromatic rings. The molecule has 1 heterocycles. The van der Waals surface area contributed by atoms with Gasteiger partial charge in [-0.3, -0.25) is 0 Å². The first-order chi connectivity index (χ1) is 8.69. The Labute approximate surface area is 124 Å². The number of terminal acetylenes is 1. The zero-order valence-electron chi connectivity index (χ0n) is 10.7. The molecule has 18 heavy (non-hydrogen) atoms. The van der Waals surface area contributed by atoms with Gasteiger partial charge in [0, 0.05) is 4.83 Å². The molecule has 0 N–H and O–H groups in total. The summed E-state index contributed by atoms with van der Waals surface area (Å²) in [5.41, 5.74) is 0. The van der Waals surface area contributed by atoms with Crippen molar-refractivity contribution in [1.82, 2.24) is 0 Å². The third-order valence-electron chi connectivity index (χ3n) is 3.03. The van der Waals surface area contributed by atoms with Gasteiger partial charge in [0.05, 0.1) is 17.6 Å². The van der Waals surface area contributed by atoms with Crippen LogP contribution in [0.25, 0.3) is 0 Å². The number of hydrogen-bond acceptors (Lipinski definition) is 1. The van der Waals surface area contributed by atoms with Crippen LogP contribution in [0.1, 0.15) is 32.6 Å². The molecule has 0 amide bonds. The van der Waals surface area contributed by atoms with Gasteiger partial charge in [-0.2, -0.15) is 0 Å². The second-order valence-corrected chi connectivity index (χ2v) is 6.14. The average Bonchev–Trinajstić information content (AvgIpc) is 2.37. The summed E-state index contributed by atoms with van der Waals surface area (Å²) in [6.45, 7) is 2.15. The third-order valence-corrected chi connectivity index (χ3v) is 4.72. The van der Waals surface area contributed by atoms with Crippen LogP contribution in [0.4, 0.5) is 0 Å². The zero-order valence-corrected chi connectivity index (χ0v) is 13.0. The molecule has 1 aliphatic heterocycles. The van der Waals surface area contributed by atoms with Gasteiger partial charge in [-0.25, -0.2) is 0 Å². The number of ether oxygens (including phenoxy) is 1. The van der Waals surface area contributed by atoms with E-state index in [-0.39, 0.29) is 17.6 Å². The number of halogens is 2. The monoisotopic (exact) mass is 330 g/mol. The summed E-state index contributed by atoms with van der Waals surface area (Å²) in [5.74, 6) is 2.49. The molecule has 1 rings (SSSR count). The maximum absolute atomic E-state index is 6.37. The van der Waals surface area contributed by atoms with Crippen molar-refractivity contribution in [2.75, 3.05) is 0 Å². The minimum atomic E-state index is 0.00281. The standard InChI is InChI=1S/C15H20BrClO/c1-3-5-6-11-15-13(17)9-7-8-10-14(18-15)12(16)4-2/h1,5-8,12-15H,4,9-11H2,2H3/b6-5-,8-7-/t12-,13-,14-,15-/m0/s1. The quantitative estimate of drug-likeness (QED) is 0.420. The van der Waals surface area contributed by atoms with Gasteiger partial charge in [-0.05, 0) is 31.8 Å². The van der Waals surface area contributed by atoms with E-state index in [1.807, 2.05) is 6.08 Å². The fraction of sp³-hybridized carbons (Fsp3) is 0.600. The number of hydrogen-bond donors (Lipinski definition) is 0. The van der Waals surface area contributed by atoms with E-state index < -0.39 is 0 Å². The molecule has 4 atom stereocenters. The number of rotatable bonds is 4. The predicted molar refractivity (Wildman–Crippen MR) is 82.3 cm³/mol. The number of allylic oxidation sites excluding steroid dienone is 2. The van der Waals surface area contributed by atoms with Gasteiger partial charge in [0.2, 0.25) is 0 Å². The first kappa shape index (κ1) is 15.8. The lowest BCUT2D eigenvalue weighted by atomic mass is 10.0. The molecule has 100 valence electrons. The summed E-state index contributed by atoms with van der Waals surface area (Å²) in [4.78, 5) is 0.364. The Morgan fingerprint density at radius 2 is 2.28 bits per heavy atom. The third kappa shape index (κ3) is 5.18. The molecule has 0 fully saturated rings. The van der Waals surface area contributed by atoms with E-state index in [0.717, 1.165) is 25.7 Å². The Hall–Kier alpha value is -0.230. The molecule has 0 spiro atoms. The van der Waals surface area contributed by atoms with Gasteiger partial charge in [0.15, 0.2) is 0 Å². The SMILES string of the molecule is C#C/C=C\C[C@@H]1O[C@H]([C@@H](Br)CC)C/C=C\C[C@@H]1Cl. The van der Waals surface area contributed by atoms with Crippen LogP contribution in [0.3, 0.4) is 0 Å². The van der Waals surface area contributed by atoms with E-state index >= 15 is 0 Å². The van der Waals surface area contributed by atoms with Crippen LogP contribution in [0, 0.1) is 12.3 Å². The van der Waals surface area contributed by atoms with Crippen molar-refractivity contribution in [3.63, 3.8) is 0 Å². The fourth-order valence-corrected chi connectivity index (χ4v) is 2.55. The lowest BCUT2D eigenvalue weighted by Gasteiger charge is -2.30. The fourth-order valence-electron chi connectivity index (χ4n) is 1.94. The largest absolute Gasteiger partial charge is 0.372 e. The van der Waals surface area contributed by atoms with Crippen molar-refractivity contribution < 1.29 is 4.74 Å². The second-order valence-electron chi connectivity index (χ2n) is 4.40. The molecular weight excluding hydrogens is 312 g/mol. The molecule has 0 bridgehead atoms. The van der Waals surface area contributed by atoms with Gasteiger partial charge >= 0.3 is 0 Å². The minimum Gasteiger partial charge on any atom is -0.372 e. The molecule has 0 radical (unpaired) electrons. The Morgan fingerprint density at radius 1 is 1.56 bits per heavy atom. The lowest BCUT2D eigenvalue weighted by molar-refractivity contribution is -0.0122. The predicted octanol–water partition coefficient (Wildman–Crippen LogP) is 4.45. The highest BCUT2D eigenvalue weighted by Crippen LogP contribution is 2.26. The molecule has 1 nitrogen and oxygen atoms in total. The van der Waals surface area contributed by atoms with E-state index in [1.165, 1.54) is 0 Å². The minimum absolute atomic E-state index is 0.00281. The van der Waals surface area contributed by atoms with Crippen LogP contribution < -0.4 is 0 Å². The summed E-state index contributed by atoms with van der Waals surface area (Å²) in [6.07, 6.45) is 17.0. The molecule has 0 aromatic heterocycles. The van der Waals surface area contributed by atoms with Crippen molar-refractivity contribution >= 4 is 27.5 Å². The van der Waals surface area contributed by atoms with Gasteiger partial charge in [0.25, 0.3) is 0 Å². The average molecular weight is 332 g/mol. The molecule has 3 heteroatoms. The highest BCUT2D eigenvalue weighted by molar-refractivity contribution is 9.09. The van der Waals surface area contributed by atoms with Crippen molar-refractivity contribution in [3.8, 4) is 12.3 Å². The second kappa shape index (κ2) is 8.80. The van der Waals surface area contributed by atoms with E-state index in [1.54, 1.807) is 6.08 Å². The topological polar surface area (TPSA) is 9.23 Å². The maximum atomic E-state index is 6.37. The summed E-state index contributed by atoms with van der Waals surface area (Å²) in [7, 11) is 0. The van der Waals surface area contributed by atoms with Crippen LogP contribution >= 0.6 is 27.5 Å². The number of alkyl halides is 2. The maximum Gasteiger partial charge on any atom is 0.0780 e. The van der Waals surface area contributed by atoms with Crippen molar-refractivity contribution in [1.29, 1.82) is 0 Å². The van der Waals surface area contributed by atoms with E-state index in [0.29, 0.717) is 4.83 Å². The van der Waals surface area contributed by atoms with Crippen LogP contribution in [0.15, 0.2) is 24.3 Å². The van der Waals surface area contributed by atoms with Crippen molar-refractivity contribution in [2.45, 2.75) is 55.0 Å². The summed E-state index contributed by atoms with van der Waals surface area (Å²) in [5, 5.41) is 0.00281. The molecule has 0 aliphatic carbocycles. The summed E-state index contributed by atoms with van der Waals surface area (Å²) < 4.78 is 6.15. The zero-order chi connectivity index (χ0) is 13.4. The molecular formula is C15H20BrClO. The van der Waals surface area contributed by atoms with E-state index in [4.69, 9.17) is 22.8 Å². The Kier molecular flexibility index (Phi) is 7.74. The van der Waals surface area contributed by atoms with Crippen molar-refractivity contribution in [3.05, 3.63) is 24.3 Å².